The number of hydrogen-bond acceptors (Lipinski definition) is 4. The number of hydrogen-bond donors (Lipinski definition) is 1. The molecule has 1 aliphatic rings. The summed E-state index contributed by atoms with van der Waals surface area (Å²) in [5.74, 6) is 1.50. The van der Waals surface area contributed by atoms with Crippen molar-refractivity contribution in [1.82, 2.24) is 5.32 Å². The predicted molar refractivity (Wildman–Crippen MR) is 79.3 cm³/mol. The van der Waals surface area contributed by atoms with E-state index in [1.807, 2.05) is 11.8 Å². The molecule has 1 N–H and O–H groups in total. The third-order valence-electron chi connectivity index (χ3n) is 2.66. The number of nitrogens with zero attached hydrogens (tertiary/aromatic N) is 1. The molecule has 17 heavy (non-hydrogen) atoms. The molecule has 100 valence electrons. The Kier molecular flexibility index (Phi) is 6.55. The lowest BCUT2D eigenvalue weighted by Gasteiger charge is -2.15. The quantitative estimate of drug-likeness (QED) is 0.809. The van der Waals surface area contributed by atoms with E-state index in [-0.39, 0.29) is 0 Å². The average molecular weight is 276 g/mol. The van der Waals surface area contributed by atoms with Crippen LogP contribution in [-0.4, -0.2) is 39.2 Å². The van der Waals surface area contributed by atoms with E-state index < -0.39 is 10.8 Å². The van der Waals surface area contributed by atoms with E-state index in [1.165, 1.54) is 6.42 Å². The molecular weight excluding hydrogens is 252 g/mol. The fraction of sp³-hybridized carbons (Fsp3) is 0.917. The van der Waals surface area contributed by atoms with Gasteiger partial charge in [-0.2, -0.15) is 0 Å². The van der Waals surface area contributed by atoms with Crippen molar-refractivity contribution in [3.05, 3.63) is 0 Å². The molecule has 3 atom stereocenters. The zero-order valence-corrected chi connectivity index (χ0v) is 12.9. The van der Waals surface area contributed by atoms with Crippen LogP contribution in [-0.2, 0) is 10.8 Å². The van der Waals surface area contributed by atoms with Crippen molar-refractivity contribution in [2.75, 3.05) is 18.6 Å². The lowest BCUT2D eigenvalue weighted by Crippen LogP contribution is -2.31. The second-order valence-electron chi connectivity index (χ2n) is 5.13. The highest BCUT2D eigenvalue weighted by molar-refractivity contribution is 8.14. The topological polar surface area (TPSA) is 41.5 Å². The van der Waals surface area contributed by atoms with Crippen LogP contribution in [0.1, 0.15) is 33.6 Å². The van der Waals surface area contributed by atoms with Crippen molar-refractivity contribution in [1.29, 1.82) is 0 Å². The van der Waals surface area contributed by atoms with Gasteiger partial charge in [-0.15, -0.1) is 0 Å². The molecule has 1 aliphatic heterocycles. The summed E-state index contributed by atoms with van der Waals surface area (Å²) in [6, 6.07) is 0.364. The van der Waals surface area contributed by atoms with E-state index >= 15 is 0 Å². The van der Waals surface area contributed by atoms with E-state index in [9.17, 15) is 4.21 Å². The maximum Gasteiger partial charge on any atom is 0.157 e. The second-order valence-corrected chi connectivity index (χ2v) is 7.97. The van der Waals surface area contributed by atoms with Crippen LogP contribution in [0.15, 0.2) is 4.99 Å². The van der Waals surface area contributed by atoms with Crippen LogP contribution >= 0.6 is 11.8 Å². The van der Waals surface area contributed by atoms with Crippen LogP contribution in [0.2, 0.25) is 0 Å². The standard InChI is InChI=1S/C12H24N2OS2/c1-9(2)7-11-8-13-12(16-11)14-10(3)5-6-17(4)15/h9-11H,5-8H2,1-4H3,(H,13,14). The van der Waals surface area contributed by atoms with Crippen LogP contribution in [0.3, 0.4) is 0 Å². The SMILES string of the molecule is CC(C)CC1CN=C(NC(C)CCS(C)=O)S1. The van der Waals surface area contributed by atoms with Gasteiger partial charge in [-0.05, 0) is 25.7 Å². The van der Waals surface area contributed by atoms with E-state index in [1.54, 1.807) is 6.26 Å². The maximum absolute atomic E-state index is 11.0. The van der Waals surface area contributed by atoms with Crippen molar-refractivity contribution in [3.8, 4) is 0 Å². The van der Waals surface area contributed by atoms with Crippen LogP contribution in [0, 0.1) is 5.92 Å². The molecule has 0 radical (unpaired) electrons. The molecule has 0 aliphatic carbocycles. The summed E-state index contributed by atoms with van der Waals surface area (Å²) in [4.78, 5) is 4.53. The molecule has 0 spiro atoms. The summed E-state index contributed by atoms with van der Waals surface area (Å²) >= 11 is 1.86. The van der Waals surface area contributed by atoms with Gasteiger partial charge < -0.3 is 5.32 Å². The van der Waals surface area contributed by atoms with Crippen LogP contribution < -0.4 is 5.32 Å². The molecule has 5 heteroatoms. The zero-order valence-electron chi connectivity index (χ0n) is 11.2. The molecule has 0 amide bonds. The molecule has 0 aromatic rings. The second kappa shape index (κ2) is 7.41. The third-order valence-corrected chi connectivity index (χ3v) is 4.62. The van der Waals surface area contributed by atoms with Crippen molar-refractivity contribution in [3.63, 3.8) is 0 Å². The zero-order chi connectivity index (χ0) is 12.8. The average Bonchev–Trinajstić information content (AvgIpc) is 2.61. The van der Waals surface area contributed by atoms with Gasteiger partial charge in [0.25, 0.3) is 0 Å². The number of thioether (sulfide) groups is 1. The van der Waals surface area contributed by atoms with Gasteiger partial charge in [0.2, 0.25) is 0 Å². The fourth-order valence-electron chi connectivity index (χ4n) is 1.77. The van der Waals surface area contributed by atoms with E-state index in [0.29, 0.717) is 11.3 Å². The smallest absolute Gasteiger partial charge is 0.157 e. The molecule has 1 heterocycles. The van der Waals surface area contributed by atoms with Gasteiger partial charge in [0.05, 0.1) is 6.54 Å². The first-order chi connectivity index (χ1) is 7.97. The Morgan fingerprint density at radius 3 is 2.82 bits per heavy atom. The first kappa shape index (κ1) is 15.0. The number of nitrogens with one attached hydrogen (secondary N) is 1. The summed E-state index contributed by atoms with van der Waals surface area (Å²) in [7, 11) is -0.691. The van der Waals surface area contributed by atoms with Crippen LogP contribution in [0.25, 0.3) is 0 Å². The molecule has 1 rings (SSSR count). The van der Waals surface area contributed by atoms with Gasteiger partial charge in [-0.3, -0.25) is 9.20 Å². The lowest BCUT2D eigenvalue weighted by atomic mass is 10.1. The summed E-state index contributed by atoms with van der Waals surface area (Å²) in [6.45, 7) is 7.58. The van der Waals surface area contributed by atoms with Crippen LogP contribution in [0.4, 0.5) is 0 Å². The number of aliphatic imine (C=N–C) groups is 1. The molecule has 0 fully saturated rings. The predicted octanol–water partition coefficient (Wildman–Crippen LogP) is 2.25. The monoisotopic (exact) mass is 276 g/mol. The molecule has 3 nitrogen and oxygen atoms in total. The van der Waals surface area contributed by atoms with Gasteiger partial charge in [-0.1, -0.05) is 25.6 Å². The number of amidine groups is 1. The summed E-state index contributed by atoms with van der Waals surface area (Å²) < 4.78 is 11.0. The fourth-order valence-corrected chi connectivity index (χ4v) is 3.82. The number of rotatable bonds is 6. The highest BCUT2D eigenvalue weighted by Gasteiger charge is 2.21. The Labute approximate surface area is 112 Å². The van der Waals surface area contributed by atoms with E-state index in [2.05, 4.69) is 31.1 Å². The normalized spacial score (nSPS) is 23.6. The Hall–Kier alpha value is -0.0300. The van der Waals surface area contributed by atoms with Gasteiger partial charge in [-0.25, -0.2) is 0 Å². The largest absolute Gasteiger partial charge is 0.362 e. The highest BCUT2D eigenvalue weighted by atomic mass is 32.2. The molecule has 3 unspecified atom stereocenters. The van der Waals surface area contributed by atoms with Gasteiger partial charge in [0, 0.05) is 34.1 Å². The van der Waals surface area contributed by atoms with Crippen molar-refractivity contribution in [2.45, 2.75) is 44.9 Å². The van der Waals surface area contributed by atoms with Gasteiger partial charge in [0.15, 0.2) is 5.17 Å². The van der Waals surface area contributed by atoms with Crippen molar-refractivity contribution in [2.24, 2.45) is 10.9 Å². The molecule has 0 aromatic heterocycles. The van der Waals surface area contributed by atoms with Crippen LogP contribution in [0.5, 0.6) is 0 Å². The highest BCUT2D eigenvalue weighted by Crippen LogP contribution is 2.25. The Balaban J connectivity index is 2.22. The summed E-state index contributed by atoms with van der Waals surface area (Å²) in [6.07, 6.45) is 3.93. The van der Waals surface area contributed by atoms with E-state index in [0.717, 1.165) is 29.8 Å². The first-order valence-corrected chi connectivity index (χ1v) is 8.85. The Bertz CT molecular complexity index is 292. The molecule has 0 saturated heterocycles. The van der Waals surface area contributed by atoms with Gasteiger partial charge >= 0.3 is 0 Å². The summed E-state index contributed by atoms with van der Waals surface area (Å²) in [5.41, 5.74) is 0. The van der Waals surface area contributed by atoms with E-state index in [4.69, 9.17) is 0 Å². The third kappa shape index (κ3) is 6.46. The molecular formula is C12H24N2OS2. The minimum absolute atomic E-state index is 0.364. The lowest BCUT2D eigenvalue weighted by molar-refractivity contribution is 0.575. The minimum Gasteiger partial charge on any atom is -0.362 e. The Morgan fingerprint density at radius 1 is 1.53 bits per heavy atom. The van der Waals surface area contributed by atoms with Gasteiger partial charge in [0.1, 0.15) is 0 Å². The summed E-state index contributed by atoms with van der Waals surface area (Å²) in [5, 5.41) is 5.13. The first-order valence-electron chi connectivity index (χ1n) is 6.25. The van der Waals surface area contributed by atoms with Crippen molar-refractivity contribution < 1.29 is 4.21 Å². The molecule has 0 aromatic carbocycles. The molecule has 0 saturated carbocycles. The molecule has 0 bridgehead atoms. The Morgan fingerprint density at radius 2 is 2.24 bits per heavy atom. The minimum atomic E-state index is -0.691. The van der Waals surface area contributed by atoms with Crippen molar-refractivity contribution >= 4 is 27.7 Å². The maximum atomic E-state index is 11.0.